The summed E-state index contributed by atoms with van der Waals surface area (Å²) >= 11 is 14.0. The molecule has 3 atom stereocenters. The highest BCUT2D eigenvalue weighted by atomic mass is 35.5. The number of aliphatic carboxylic acids is 1. The maximum atomic E-state index is 11.6. The Bertz CT molecular complexity index is 2260. The molecule has 5 heterocycles. The van der Waals surface area contributed by atoms with Crippen LogP contribution in [0.15, 0.2) is 54.9 Å². The van der Waals surface area contributed by atoms with Gasteiger partial charge in [0, 0.05) is 74.1 Å². The number of hydrogen-bond donors (Lipinski definition) is 3. The van der Waals surface area contributed by atoms with E-state index in [0.717, 1.165) is 69.4 Å². The van der Waals surface area contributed by atoms with Gasteiger partial charge in [-0.05, 0) is 55.0 Å². The van der Waals surface area contributed by atoms with E-state index in [-0.39, 0.29) is 24.0 Å². The lowest BCUT2D eigenvalue weighted by molar-refractivity contribution is -0.141. The zero-order chi connectivity index (χ0) is 37.5. The molecule has 0 bridgehead atoms. The fourth-order valence-corrected chi connectivity index (χ4v) is 8.57. The molecule has 12 nitrogen and oxygen atoms in total. The Labute approximate surface area is 322 Å². The van der Waals surface area contributed by atoms with Crippen LogP contribution in [-0.4, -0.2) is 74.2 Å². The molecule has 3 N–H and O–H groups in total. The molecule has 14 heteroatoms. The molecule has 3 aromatic heterocycles. The number of pyridine rings is 1. The van der Waals surface area contributed by atoms with Gasteiger partial charge in [0.15, 0.2) is 5.65 Å². The first kappa shape index (κ1) is 36.2. The van der Waals surface area contributed by atoms with Crippen molar-refractivity contribution in [3.05, 3.63) is 87.2 Å². The molecule has 2 fully saturated rings. The Hall–Kier alpha value is -4.75. The molecule has 0 unspecified atom stereocenters. The summed E-state index contributed by atoms with van der Waals surface area (Å²) in [6.45, 7) is 2.97. The van der Waals surface area contributed by atoms with Crippen LogP contribution in [0.1, 0.15) is 54.0 Å². The minimum Gasteiger partial charge on any atom is -0.481 e. The Morgan fingerprint density at radius 3 is 2.63 bits per heavy atom. The fraction of sp³-hybridized carbons (Fsp3) is 0.375. The van der Waals surface area contributed by atoms with Gasteiger partial charge in [0.2, 0.25) is 17.7 Å². The van der Waals surface area contributed by atoms with E-state index < -0.39 is 5.97 Å². The number of likely N-dealkylation sites (tertiary alicyclic amines) is 1. The van der Waals surface area contributed by atoms with Crippen LogP contribution in [0.3, 0.4) is 0 Å². The van der Waals surface area contributed by atoms with Crippen molar-refractivity contribution in [1.29, 1.82) is 0 Å². The van der Waals surface area contributed by atoms with Crippen molar-refractivity contribution in [2.75, 3.05) is 26.7 Å². The quantitative estimate of drug-likeness (QED) is 0.131. The molecule has 0 radical (unpaired) electrons. The zero-order valence-electron chi connectivity index (χ0n) is 30.1. The van der Waals surface area contributed by atoms with Gasteiger partial charge in [-0.3, -0.25) is 19.5 Å². The summed E-state index contributed by atoms with van der Waals surface area (Å²) in [5.41, 5.74) is 9.02. The lowest BCUT2D eigenvalue weighted by atomic mass is 9.95. The predicted octanol–water partition coefficient (Wildman–Crippen LogP) is 6.35. The molecule has 2 aliphatic heterocycles. The number of ether oxygens (including phenoxy) is 2. The summed E-state index contributed by atoms with van der Waals surface area (Å²) in [5.74, 6) is -0.336. The van der Waals surface area contributed by atoms with Crippen molar-refractivity contribution < 1.29 is 24.2 Å². The van der Waals surface area contributed by atoms with Crippen LogP contribution in [0, 0.1) is 5.92 Å². The largest absolute Gasteiger partial charge is 0.481 e. The second kappa shape index (κ2) is 15.2. The van der Waals surface area contributed by atoms with Gasteiger partial charge in [-0.15, -0.1) is 0 Å². The Morgan fingerprint density at radius 1 is 1.04 bits per heavy atom. The van der Waals surface area contributed by atoms with E-state index in [9.17, 15) is 14.7 Å². The van der Waals surface area contributed by atoms with Crippen LogP contribution in [0.25, 0.3) is 33.5 Å². The maximum Gasteiger partial charge on any atom is 0.307 e. The summed E-state index contributed by atoms with van der Waals surface area (Å²) < 4.78 is 14.1. The van der Waals surface area contributed by atoms with Crippen molar-refractivity contribution in [2.24, 2.45) is 13.0 Å². The highest BCUT2D eigenvalue weighted by molar-refractivity contribution is 6.36. The predicted molar refractivity (Wildman–Crippen MR) is 206 cm³/mol. The Balaban J connectivity index is 1.01. The van der Waals surface area contributed by atoms with Gasteiger partial charge in [-0.2, -0.15) is 4.98 Å². The lowest BCUT2D eigenvalue weighted by Gasteiger charge is -2.20. The van der Waals surface area contributed by atoms with Crippen molar-refractivity contribution in [3.63, 3.8) is 0 Å². The van der Waals surface area contributed by atoms with Gasteiger partial charge in [0.25, 0.3) is 0 Å². The third-order valence-electron chi connectivity index (χ3n) is 10.8. The van der Waals surface area contributed by atoms with Gasteiger partial charge in [-0.25, -0.2) is 4.98 Å². The molecule has 1 aliphatic carbocycles. The Kier molecular flexibility index (Phi) is 10.2. The number of hydrogen-bond acceptors (Lipinski definition) is 9. The molecule has 1 amide bonds. The lowest BCUT2D eigenvalue weighted by Crippen LogP contribution is -2.35. The number of nitrogens with zero attached hydrogens (tertiary/aromatic N) is 5. The van der Waals surface area contributed by atoms with Gasteiger partial charge >= 0.3 is 5.97 Å². The molecule has 0 saturated carbocycles. The summed E-state index contributed by atoms with van der Waals surface area (Å²) in [4.78, 5) is 39.6. The topological polar surface area (TPSA) is 144 Å². The standard InChI is InChI=1S/C40H41Cl2N7O5/c1-48-19-24(16-43-17-25-9-12-34(50)45-25)36-37(48)46-32(18-44-36)30-8-4-7-29(35(30)42)26-5-3-6-28-27(26)10-11-33(28)54-39-31(41)15-23(38(47-39)53-2)21-49-14-13-22(20-49)40(51)52/h3-8,15,18-19,22,25,33,43H,9-14,16-17,20-21H2,1-2H3,(H,45,50)(H,51,52)/t22-,25+,33+/m1/s1. The Morgan fingerprint density at radius 2 is 1.85 bits per heavy atom. The highest BCUT2D eigenvalue weighted by Crippen LogP contribution is 2.44. The average molecular weight is 771 g/mol. The van der Waals surface area contributed by atoms with Crippen molar-refractivity contribution >= 4 is 46.2 Å². The number of nitrogens with one attached hydrogen (secondary N) is 2. The van der Waals surface area contributed by atoms with Gasteiger partial charge in [0.1, 0.15) is 16.6 Å². The molecule has 5 aromatic rings. The van der Waals surface area contributed by atoms with Crippen LogP contribution >= 0.6 is 23.2 Å². The fourth-order valence-electron chi connectivity index (χ4n) is 8.03. The summed E-state index contributed by atoms with van der Waals surface area (Å²) in [6, 6.07) is 14.1. The third-order valence-corrected chi connectivity index (χ3v) is 11.4. The number of aromatic nitrogens is 4. The summed E-state index contributed by atoms with van der Waals surface area (Å²) in [6.07, 6.45) is 7.10. The number of fused-ring (bicyclic) bond motifs is 2. The number of amides is 1. The number of carbonyl (C=O) groups is 2. The second-order valence-corrected chi connectivity index (χ2v) is 15.1. The number of benzene rings is 2. The van der Waals surface area contributed by atoms with Crippen LogP contribution in [0.5, 0.6) is 11.8 Å². The SMILES string of the molecule is COc1nc(O[C@H]2CCc3c(-c4cccc(-c5cnc6c(CNC[C@@H]7CCC(=O)N7)cn(C)c6n5)c4Cl)cccc32)c(Cl)cc1CN1CC[C@@H](C(=O)O)C1. The van der Waals surface area contributed by atoms with Crippen LogP contribution in [0.4, 0.5) is 0 Å². The van der Waals surface area contributed by atoms with Crippen molar-refractivity contribution in [1.82, 2.24) is 35.1 Å². The van der Waals surface area contributed by atoms with Crippen LogP contribution in [-0.2, 0) is 36.1 Å². The van der Waals surface area contributed by atoms with E-state index in [2.05, 4.69) is 32.7 Å². The van der Waals surface area contributed by atoms with Crippen molar-refractivity contribution in [2.45, 2.75) is 57.3 Å². The van der Waals surface area contributed by atoms with Gasteiger partial charge < -0.3 is 29.8 Å². The highest BCUT2D eigenvalue weighted by Gasteiger charge is 2.31. The molecule has 54 heavy (non-hydrogen) atoms. The number of aryl methyl sites for hydroxylation is 1. The molecule has 8 rings (SSSR count). The molecule has 280 valence electrons. The summed E-state index contributed by atoms with van der Waals surface area (Å²) in [5, 5.41) is 16.8. The molecule has 2 aromatic carbocycles. The molecular weight excluding hydrogens is 729 g/mol. The monoisotopic (exact) mass is 769 g/mol. The first-order valence-electron chi connectivity index (χ1n) is 18.2. The number of rotatable bonds is 12. The average Bonchev–Trinajstić information content (AvgIpc) is 3.97. The summed E-state index contributed by atoms with van der Waals surface area (Å²) in [7, 11) is 3.52. The third kappa shape index (κ3) is 7.11. The number of halogens is 2. The normalized spacial score (nSPS) is 19.7. The molecule has 0 spiro atoms. The second-order valence-electron chi connectivity index (χ2n) is 14.3. The smallest absolute Gasteiger partial charge is 0.307 e. The number of carbonyl (C=O) groups excluding carboxylic acids is 1. The minimum absolute atomic E-state index is 0.111. The van der Waals surface area contributed by atoms with E-state index in [1.165, 1.54) is 0 Å². The minimum atomic E-state index is -0.772. The van der Waals surface area contributed by atoms with Crippen molar-refractivity contribution in [3.8, 4) is 34.1 Å². The number of carboxylic acids is 1. The van der Waals surface area contributed by atoms with Gasteiger partial charge in [-0.1, -0.05) is 59.6 Å². The molecule has 2 saturated heterocycles. The first-order chi connectivity index (χ1) is 26.2. The molecule has 3 aliphatic rings. The van der Waals surface area contributed by atoms with E-state index >= 15 is 0 Å². The maximum absolute atomic E-state index is 11.6. The van der Waals surface area contributed by atoms with E-state index in [4.69, 9.17) is 42.6 Å². The first-order valence-corrected chi connectivity index (χ1v) is 19.0. The van der Waals surface area contributed by atoms with Gasteiger partial charge in [0.05, 0.1) is 29.9 Å². The number of methoxy groups -OCH3 is 1. The van der Waals surface area contributed by atoms with E-state index in [1.807, 2.05) is 42.1 Å². The molecular formula is C40H41Cl2N7O5. The number of carboxylic acid groups (broad SMARTS) is 1. The van der Waals surface area contributed by atoms with E-state index in [0.29, 0.717) is 73.1 Å². The van der Waals surface area contributed by atoms with E-state index in [1.54, 1.807) is 19.4 Å². The van der Waals surface area contributed by atoms with Crippen LogP contribution < -0.4 is 20.1 Å². The van der Waals surface area contributed by atoms with Crippen LogP contribution in [0.2, 0.25) is 10.0 Å². The zero-order valence-corrected chi connectivity index (χ0v) is 31.6.